The van der Waals surface area contributed by atoms with Gasteiger partial charge in [0.2, 0.25) is 0 Å². The van der Waals surface area contributed by atoms with Gasteiger partial charge in [-0.3, -0.25) is 0 Å². The van der Waals surface area contributed by atoms with Crippen molar-refractivity contribution in [2.75, 3.05) is 13.2 Å². The molecule has 1 aromatic rings. The lowest BCUT2D eigenvalue weighted by Gasteiger charge is -2.05. The average molecular weight is 215 g/mol. The van der Waals surface area contributed by atoms with Gasteiger partial charge in [0.25, 0.3) is 0 Å². The Bertz CT molecular complexity index is 305. The maximum atomic E-state index is 13.1. The SMILES string of the molecule is OCCCCNCc1ccc(F)cc1F. The van der Waals surface area contributed by atoms with E-state index in [0.717, 1.165) is 25.5 Å². The zero-order chi connectivity index (χ0) is 11.1. The Morgan fingerprint density at radius 3 is 2.67 bits per heavy atom. The Labute approximate surface area is 87.9 Å². The number of nitrogens with one attached hydrogen (secondary N) is 1. The highest BCUT2D eigenvalue weighted by Gasteiger charge is 2.02. The van der Waals surface area contributed by atoms with Crippen LogP contribution in [0.5, 0.6) is 0 Å². The van der Waals surface area contributed by atoms with Gasteiger partial charge in [-0.2, -0.15) is 0 Å². The summed E-state index contributed by atoms with van der Waals surface area (Å²) in [5, 5.41) is 11.6. The smallest absolute Gasteiger partial charge is 0.130 e. The Hall–Kier alpha value is -1.00. The number of hydrogen-bond acceptors (Lipinski definition) is 2. The summed E-state index contributed by atoms with van der Waals surface area (Å²) in [4.78, 5) is 0. The molecule has 0 saturated carbocycles. The minimum Gasteiger partial charge on any atom is -0.396 e. The van der Waals surface area contributed by atoms with Crippen LogP contribution >= 0.6 is 0 Å². The van der Waals surface area contributed by atoms with Crippen LogP contribution in [0.15, 0.2) is 18.2 Å². The standard InChI is InChI=1S/C11H15F2NO/c12-10-4-3-9(11(13)7-10)8-14-5-1-2-6-15/h3-4,7,14-15H,1-2,5-6,8H2. The molecule has 2 N–H and O–H groups in total. The predicted octanol–water partition coefficient (Wildman–Crippen LogP) is 1.83. The molecule has 4 heteroatoms. The van der Waals surface area contributed by atoms with Crippen molar-refractivity contribution in [2.45, 2.75) is 19.4 Å². The highest BCUT2D eigenvalue weighted by Crippen LogP contribution is 2.08. The molecule has 0 bridgehead atoms. The van der Waals surface area contributed by atoms with Crippen LogP contribution in [0, 0.1) is 11.6 Å². The highest BCUT2D eigenvalue weighted by atomic mass is 19.1. The van der Waals surface area contributed by atoms with Crippen LogP contribution in [-0.2, 0) is 6.54 Å². The van der Waals surface area contributed by atoms with Gasteiger partial charge in [-0.25, -0.2) is 8.78 Å². The van der Waals surface area contributed by atoms with Crippen molar-refractivity contribution in [1.29, 1.82) is 0 Å². The molecule has 0 radical (unpaired) electrons. The van der Waals surface area contributed by atoms with E-state index < -0.39 is 11.6 Å². The molecular weight excluding hydrogens is 200 g/mol. The molecule has 84 valence electrons. The van der Waals surface area contributed by atoms with Crippen molar-refractivity contribution in [3.63, 3.8) is 0 Å². The summed E-state index contributed by atoms with van der Waals surface area (Å²) in [6, 6.07) is 3.56. The topological polar surface area (TPSA) is 32.3 Å². The van der Waals surface area contributed by atoms with Crippen molar-refractivity contribution in [1.82, 2.24) is 5.32 Å². The zero-order valence-corrected chi connectivity index (χ0v) is 8.47. The van der Waals surface area contributed by atoms with E-state index in [0.29, 0.717) is 12.1 Å². The molecule has 0 saturated heterocycles. The van der Waals surface area contributed by atoms with Gasteiger partial charge in [0.15, 0.2) is 0 Å². The molecule has 15 heavy (non-hydrogen) atoms. The van der Waals surface area contributed by atoms with E-state index in [1.807, 2.05) is 0 Å². The molecule has 0 aromatic heterocycles. The number of aliphatic hydroxyl groups is 1. The molecule has 0 spiro atoms. The van der Waals surface area contributed by atoms with E-state index in [1.165, 1.54) is 12.1 Å². The summed E-state index contributed by atoms with van der Waals surface area (Å²) in [5.41, 5.74) is 0.459. The lowest BCUT2D eigenvalue weighted by molar-refractivity contribution is 0.283. The van der Waals surface area contributed by atoms with Gasteiger partial charge in [0.1, 0.15) is 11.6 Å². The predicted molar refractivity (Wildman–Crippen MR) is 54.4 cm³/mol. The van der Waals surface area contributed by atoms with Gasteiger partial charge in [0, 0.05) is 24.8 Å². The third-order valence-corrected chi connectivity index (χ3v) is 2.09. The van der Waals surface area contributed by atoms with Crippen LogP contribution in [0.3, 0.4) is 0 Å². The van der Waals surface area contributed by atoms with Gasteiger partial charge < -0.3 is 10.4 Å². The maximum absolute atomic E-state index is 13.1. The summed E-state index contributed by atoms with van der Waals surface area (Å²) >= 11 is 0. The van der Waals surface area contributed by atoms with Gasteiger partial charge in [-0.15, -0.1) is 0 Å². The van der Waals surface area contributed by atoms with E-state index in [1.54, 1.807) is 0 Å². The van der Waals surface area contributed by atoms with E-state index in [-0.39, 0.29) is 6.61 Å². The lowest BCUT2D eigenvalue weighted by Crippen LogP contribution is -2.16. The second-order valence-corrected chi connectivity index (χ2v) is 3.34. The normalized spacial score (nSPS) is 10.6. The van der Waals surface area contributed by atoms with E-state index in [4.69, 9.17) is 5.11 Å². The van der Waals surface area contributed by atoms with Gasteiger partial charge >= 0.3 is 0 Å². The molecular formula is C11H15F2NO. The second kappa shape index (κ2) is 6.48. The molecule has 0 fully saturated rings. The second-order valence-electron chi connectivity index (χ2n) is 3.34. The third kappa shape index (κ3) is 4.36. The third-order valence-electron chi connectivity index (χ3n) is 2.09. The number of hydrogen-bond donors (Lipinski definition) is 2. The van der Waals surface area contributed by atoms with Crippen molar-refractivity contribution in [3.8, 4) is 0 Å². The molecule has 0 aliphatic heterocycles. The number of benzene rings is 1. The van der Waals surface area contributed by atoms with Crippen LogP contribution < -0.4 is 5.32 Å². The first kappa shape index (κ1) is 12.1. The lowest BCUT2D eigenvalue weighted by atomic mass is 10.2. The first-order valence-electron chi connectivity index (χ1n) is 4.99. The minimum absolute atomic E-state index is 0.173. The van der Waals surface area contributed by atoms with Crippen molar-refractivity contribution < 1.29 is 13.9 Å². The van der Waals surface area contributed by atoms with E-state index in [2.05, 4.69) is 5.32 Å². The van der Waals surface area contributed by atoms with Crippen LogP contribution in [0.4, 0.5) is 8.78 Å². The van der Waals surface area contributed by atoms with Crippen molar-refractivity contribution >= 4 is 0 Å². The van der Waals surface area contributed by atoms with E-state index >= 15 is 0 Å². The van der Waals surface area contributed by atoms with Crippen LogP contribution in [0.25, 0.3) is 0 Å². The molecule has 0 unspecified atom stereocenters. The first-order chi connectivity index (χ1) is 7.24. The zero-order valence-electron chi connectivity index (χ0n) is 8.47. The molecule has 1 rings (SSSR count). The summed E-state index contributed by atoms with van der Waals surface area (Å²) in [6.07, 6.45) is 1.58. The Balaban J connectivity index is 2.31. The fourth-order valence-electron chi connectivity index (χ4n) is 1.25. The molecule has 0 amide bonds. The van der Waals surface area contributed by atoms with Crippen LogP contribution in [0.2, 0.25) is 0 Å². The molecule has 0 aliphatic rings. The number of unbranched alkanes of at least 4 members (excludes halogenated alkanes) is 1. The summed E-state index contributed by atoms with van der Waals surface area (Å²) in [7, 11) is 0. The fraction of sp³-hybridized carbons (Fsp3) is 0.455. The monoisotopic (exact) mass is 215 g/mol. The molecule has 0 aliphatic carbocycles. The Morgan fingerprint density at radius 2 is 2.00 bits per heavy atom. The number of rotatable bonds is 6. The first-order valence-corrected chi connectivity index (χ1v) is 4.99. The molecule has 1 aromatic carbocycles. The van der Waals surface area contributed by atoms with Crippen LogP contribution in [0.1, 0.15) is 18.4 Å². The maximum Gasteiger partial charge on any atom is 0.130 e. The Morgan fingerprint density at radius 1 is 1.20 bits per heavy atom. The number of aliphatic hydroxyl groups excluding tert-OH is 1. The van der Waals surface area contributed by atoms with Gasteiger partial charge in [0.05, 0.1) is 0 Å². The molecule has 2 nitrogen and oxygen atoms in total. The van der Waals surface area contributed by atoms with Gasteiger partial charge in [-0.05, 0) is 25.5 Å². The quantitative estimate of drug-likeness (QED) is 0.709. The minimum atomic E-state index is -0.559. The average Bonchev–Trinajstić information content (AvgIpc) is 2.20. The summed E-state index contributed by atoms with van der Waals surface area (Å²) in [5.74, 6) is -1.08. The van der Waals surface area contributed by atoms with Gasteiger partial charge in [-0.1, -0.05) is 6.07 Å². The van der Waals surface area contributed by atoms with Crippen molar-refractivity contribution in [3.05, 3.63) is 35.4 Å². The molecule has 0 atom stereocenters. The summed E-state index contributed by atoms with van der Waals surface area (Å²) < 4.78 is 25.7. The Kier molecular flexibility index (Phi) is 5.21. The number of halogens is 2. The van der Waals surface area contributed by atoms with Crippen molar-refractivity contribution in [2.24, 2.45) is 0 Å². The fourth-order valence-corrected chi connectivity index (χ4v) is 1.25. The summed E-state index contributed by atoms with van der Waals surface area (Å²) in [6.45, 7) is 1.28. The highest BCUT2D eigenvalue weighted by molar-refractivity contribution is 5.18. The largest absolute Gasteiger partial charge is 0.396 e. The van der Waals surface area contributed by atoms with E-state index in [9.17, 15) is 8.78 Å². The molecule has 0 heterocycles. The van der Waals surface area contributed by atoms with Crippen LogP contribution in [-0.4, -0.2) is 18.3 Å².